The van der Waals surface area contributed by atoms with Crippen LogP contribution < -0.4 is 0 Å². The van der Waals surface area contributed by atoms with Crippen LogP contribution in [0.3, 0.4) is 0 Å². The summed E-state index contributed by atoms with van der Waals surface area (Å²) in [6, 6.07) is 2.97. The largest absolute Gasteiger partial charge is 0.450 e. The second-order valence-electron chi connectivity index (χ2n) is 5.06. The number of ether oxygens (including phenoxy) is 2. The third kappa shape index (κ3) is 7.61. The molecule has 1 aromatic rings. The summed E-state index contributed by atoms with van der Waals surface area (Å²) in [7, 11) is 0. The molecule has 24 heavy (non-hydrogen) atoms. The van der Waals surface area contributed by atoms with Crippen molar-refractivity contribution < 1.29 is 23.5 Å². The zero-order valence-electron chi connectivity index (χ0n) is 13.2. The van der Waals surface area contributed by atoms with Crippen LogP contribution in [0.4, 0.5) is 4.39 Å². The molecule has 0 aliphatic rings. The van der Waals surface area contributed by atoms with Gasteiger partial charge in [0.25, 0.3) is 0 Å². The van der Waals surface area contributed by atoms with Crippen LogP contribution in [0.25, 0.3) is 0 Å². The summed E-state index contributed by atoms with van der Waals surface area (Å²) in [5, 5.41) is 8.47. The maximum absolute atomic E-state index is 13.0. The average molecular weight is 334 g/mol. The second-order valence-corrected chi connectivity index (χ2v) is 5.06. The Morgan fingerprint density at radius 3 is 2.92 bits per heavy atom. The van der Waals surface area contributed by atoms with Crippen LogP contribution in [0, 0.1) is 23.1 Å². The van der Waals surface area contributed by atoms with Crippen LogP contribution in [-0.2, 0) is 25.7 Å². The molecular formula is C17H19FN2O4. The Hall–Kier alpha value is -2.59. The number of hydrogen-bond acceptors (Lipinski definition) is 6. The van der Waals surface area contributed by atoms with Gasteiger partial charge in [0.2, 0.25) is 0 Å². The fraction of sp³-hybridized carbons (Fsp3) is 0.412. The number of esters is 1. The maximum atomic E-state index is 13.0. The highest BCUT2D eigenvalue weighted by Gasteiger charge is 2.23. The summed E-state index contributed by atoms with van der Waals surface area (Å²) < 4.78 is 23.2. The SMILES string of the molecule is C=CCCC(=O)C[C@@H](COCc1cncc(F)c1)C(=O)OCC#N. The summed E-state index contributed by atoms with van der Waals surface area (Å²) in [4.78, 5) is 27.4. The van der Waals surface area contributed by atoms with Crippen molar-refractivity contribution in [2.75, 3.05) is 13.2 Å². The number of halogens is 1. The van der Waals surface area contributed by atoms with Gasteiger partial charge in [-0.15, -0.1) is 6.58 Å². The van der Waals surface area contributed by atoms with Crippen LogP contribution in [0.15, 0.2) is 31.1 Å². The molecular weight excluding hydrogens is 315 g/mol. The number of aromatic nitrogens is 1. The average Bonchev–Trinajstić information content (AvgIpc) is 2.57. The van der Waals surface area contributed by atoms with Gasteiger partial charge in [-0.25, -0.2) is 4.39 Å². The Bertz CT molecular complexity index is 613. The van der Waals surface area contributed by atoms with E-state index >= 15 is 0 Å². The van der Waals surface area contributed by atoms with Crippen LogP contribution in [0.2, 0.25) is 0 Å². The molecule has 7 heteroatoms. The molecule has 1 heterocycles. The van der Waals surface area contributed by atoms with Crippen LogP contribution in [0.1, 0.15) is 24.8 Å². The second kappa shape index (κ2) is 11.0. The van der Waals surface area contributed by atoms with Gasteiger partial charge in [0, 0.05) is 19.0 Å². The van der Waals surface area contributed by atoms with Gasteiger partial charge in [0.1, 0.15) is 17.7 Å². The number of carbonyl (C=O) groups is 2. The normalized spacial score (nSPS) is 11.3. The predicted octanol–water partition coefficient (Wildman–Crippen LogP) is 2.35. The third-order valence-electron chi connectivity index (χ3n) is 3.06. The molecule has 1 aromatic heterocycles. The third-order valence-corrected chi connectivity index (χ3v) is 3.06. The first-order chi connectivity index (χ1) is 11.6. The number of rotatable bonds is 11. The van der Waals surface area contributed by atoms with Gasteiger partial charge >= 0.3 is 5.97 Å². The first kappa shape index (κ1) is 19.5. The summed E-state index contributed by atoms with van der Waals surface area (Å²) in [6.45, 7) is 3.13. The molecule has 128 valence electrons. The van der Waals surface area contributed by atoms with Crippen molar-refractivity contribution >= 4 is 11.8 Å². The van der Waals surface area contributed by atoms with E-state index < -0.39 is 17.7 Å². The topological polar surface area (TPSA) is 89.3 Å². The number of ketones is 1. The van der Waals surface area contributed by atoms with Crippen molar-refractivity contribution in [3.05, 3.63) is 42.5 Å². The first-order valence-electron chi connectivity index (χ1n) is 7.40. The number of hydrogen-bond donors (Lipinski definition) is 0. The van der Waals surface area contributed by atoms with Gasteiger partial charge < -0.3 is 9.47 Å². The van der Waals surface area contributed by atoms with E-state index in [-0.39, 0.29) is 38.4 Å². The molecule has 6 nitrogen and oxygen atoms in total. The van der Waals surface area contributed by atoms with Gasteiger partial charge in [0.05, 0.1) is 25.3 Å². The van der Waals surface area contributed by atoms with Crippen molar-refractivity contribution in [1.82, 2.24) is 4.98 Å². The number of allylic oxidation sites excluding steroid dienone is 1. The lowest BCUT2D eigenvalue weighted by atomic mass is 10.0. The van der Waals surface area contributed by atoms with E-state index in [9.17, 15) is 14.0 Å². The molecule has 0 unspecified atom stereocenters. The highest BCUT2D eigenvalue weighted by atomic mass is 19.1. The monoisotopic (exact) mass is 334 g/mol. The smallest absolute Gasteiger partial charge is 0.312 e. The molecule has 0 spiro atoms. The van der Waals surface area contributed by atoms with Crippen molar-refractivity contribution in [3.63, 3.8) is 0 Å². The Balaban J connectivity index is 2.56. The number of nitrogens with zero attached hydrogens (tertiary/aromatic N) is 2. The Morgan fingerprint density at radius 2 is 2.25 bits per heavy atom. The van der Waals surface area contributed by atoms with Crippen molar-refractivity contribution in [2.24, 2.45) is 5.92 Å². The minimum Gasteiger partial charge on any atom is -0.450 e. The summed E-state index contributed by atoms with van der Waals surface area (Å²) >= 11 is 0. The quantitative estimate of drug-likeness (QED) is 0.456. The van der Waals surface area contributed by atoms with Gasteiger partial charge in [0.15, 0.2) is 6.61 Å². The number of Topliss-reactive ketones (excluding diaryl/α,β-unsaturated/α-hetero) is 1. The highest BCUT2D eigenvalue weighted by Crippen LogP contribution is 2.12. The molecule has 0 amide bonds. The predicted molar refractivity (Wildman–Crippen MR) is 83.0 cm³/mol. The molecule has 0 fully saturated rings. The molecule has 1 atom stereocenters. The van der Waals surface area contributed by atoms with Crippen LogP contribution in [-0.4, -0.2) is 30.0 Å². The maximum Gasteiger partial charge on any atom is 0.312 e. The standard InChI is InChI=1S/C17H19FN2O4/c1-2-3-4-16(21)8-14(17(22)24-6-5-19)12-23-11-13-7-15(18)10-20-9-13/h2,7,9-10,14H,1,3-4,6,8,11-12H2/t14-/m0/s1. The first-order valence-corrected chi connectivity index (χ1v) is 7.40. The molecule has 0 aliphatic heterocycles. The van der Waals surface area contributed by atoms with E-state index in [0.29, 0.717) is 12.0 Å². The Kier molecular flexibility index (Phi) is 8.94. The summed E-state index contributed by atoms with van der Waals surface area (Å²) in [5.74, 6) is -2.08. The van der Waals surface area contributed by atoms with E-state index in [2.05, 4.69) is 11.6 Å². The summed E-state index contributed by atoms with van der Waals surface area (Å²) in [5.41, 5.74) is 0.511. The number of carbonyl (C=O) groups excluding carboxylic acids is 2. The van der Waals surface area contributed by atoms with Gasteiger partial charge in [-0.2, -0.15) is 5.26 Å². The minimum atomic E-state index is -0.808. The minimum absolute atomic E-state index is 0.0422. The lowest BCUT2D eigenvalue weighted by Gasteiger charge is -2.14. The van der Waals surface area contributed by atoms with E-state index in [1.165, 1.54) is 12.3 Å². The zero-order chi connectivity index (χ0) is 17.8. The zero-order valence-corrected chi connectivity index (χ0v) is 13.2. The fourth-order valence-corrected chi connectivity index (χ4v) is 1.93. The van der Waals surface area contributed by atoms with Crippen molar-refractivity contribution in [2.45, 2.75) is 25.9 Å². The van der Waals surface area contributed by atoms with Gasteiger partial charge in [-0.1, -0.05) is 6.08 Å². The molecule has 0 N–H and O–H groups in total. The molecule has 0 radical (unpaired) electrons. The molecule has 0 aromatic carbocycles. The molecule has 0 saturated carbocycles. The van der Waals surface area contributed by atoms with Gasteiger partial charge in [-0.3, -0.25) is 14.6 Å². The Labute approximate surface area is 139 Å². The van der Waals surface area contributed by atoms with Crippen molar-refractivity contribution in [1.29, 1.82) is 5.26 Å². The van der Waals surface area contributed by atoms with E-state index in [0.717, 1.165) is 6.20 Å². The fourth-order valence-electron chi connectivity index (χ4n) is 1.93. The van der Waals surface area contributed by atoms with E-state index in [4.69, 9.17) is 14.7 Å². The lowest BCUT2D eigenvalue weighted by Crippen LogP contribution is -2.25. The molecule has 0 aliphatic carbocycles. The number of pyridine rings is 1. The molecule has 0 saturated heterocycles. The van der Waals surface area contributed by atoms with Crippen molar-refractivity contribution in [3.8, 4) is 6.07 Å². The van der Waals surface area contributed by atoms with E-state index in [1.807, 2.05) is 0 Å². The molecule has 0 bridgehead atoms. The number of nitriles is 1. The van der Waals surface area contributed by atoms with Crippen LogP contribution in [0.5, 0.6) is 0 Å². The molecule has 1 rings (SSSR count). The van der Waals surface area contributed by atoms with Gasteiger partial charge in [-0.05, 0) is 18.1 Å². The highest BCUT2D eigenvalue weighted by molar-refractivity contribution is 5.84. The van der Waals surface area contributed by atoms with Crippen LogP contribution >= 0.6 is 0 Å². The Morgan fingerprint density at radius 1 is 1.46 bits per heavy atom. The lowest BCUT2D eigenvalue weighted by molar-refractivity contribution is -0.151. The summed E-state index contributed by atoms with van der Waals surface area (Å²) in [6.07, 6.45) is 4.90. The van der Waals surface area contributed by atoms with E-state index in [1.54, 1.807) is 12.1 Å².